The molecule has 0 atom stereocenters. The number of anilines is 1. The van der Waals surface area contributed by atoms with Crippen LogP contribution in [-0.2, 0) is 13.0 Å². The molecule has 0 bridgehead atoms. The fourth-order valence-corrected chi connectivity index (χ4v) is 4.39. The van der Waals surface area contributed by atoms with E-state index >= 15 is 0 Å². The Hall–Kier alpha value is -3.23. The van der Waals surface area contributed by atoms with Gasteiger partial charge in [0.15, 0.2) is 0 Å². The molecule has 0 aliphatic rings. The van der Waals surface area contributed by atoms with Gasteiger partial charge < -0.3 is 10.1 Å². The molecule has 0 saturated carbocycles. The van der Waals surface area contributed by atoms with Crippen LogP contribution in [0.2, 0.25) is 5.02 Å². The maximum absolute atomic E-state index is 12.4. The lowest BCUT2D eigenvalue weighted by Gasteiger charge is -2.09. The van der Waals surface area contributed by atoms with Crippen molar-refractivity contribution >= 4 is 39.5 Å². The number of hydrogen-bond donors (Lipinski definition) is 1. The highest BCUT2D eigenvalue weighted by molar-refractivity contribution is 7.16. The van der Waals surface area contributed by atoms with Crippen molar-refractivity contribution in [1.29, 1.82) is 0 Å². The molecule has 4 aromatic rings. The Kier molecular flexibility index (Phi) is 6.53. The molecule has 32 heavy (non-hydrogen) atoms. The predicted molar refractivity (Wildman–Crippen MR) is 126 cm³/mol. The van der Waals surface area contributed by atoms with E-state index in [9.17, 15) is 9.59 Å². The first-order valence-corrected chi connectivity index (χ1v) is 11.3. The Morgan fingerprint density at radius 3 is 2.66 bits per heavy atom. The maximum atomic E-state index is 12.4. The van der Waals surface area contributed by atoms with Crippen LogP contribution >= 0.6 is 22.9 Å². The lowest BCUT2D eigenvalue weighted by Crippen LogP contribution is -2.16. The Labute approximate surface area is 193 Å². The Bertz CT molecular complexity index is 1320. The fraction of sp³-hybridized carbons (Fsp3) is 0.217. The Morgan fingerprint density at radius 2 is 1.94 bits per heavy atom. The molecular weight excluding hydrogens is 448 g/mol. The van der Waals surface area contributed by atoms with E-state index in [0.717, 1.165) is 11.4 Å². The van der Waals surface area contributed by atoms with Gasteiger partial charge in [-0.1, -0.05) is 48.9 Å². The highest BCUT2D eigenvalue weighted by Gasteiger charge is 2.12. The number of rotatable bonds is 7. The van der Waals surface area contributed by atoms with Crippen LogP contribution in [0.3, 0.4) is 0 Å². The minimum Gasteiger partial charge on any atom is -0.487 e. The van der Waals surface area contributed by atoms with Crippen LogP contribution in [0.15, 0.2) is 59.4 Å². The van der Waals surface area contributed by atoms with Crippen molar-refractivity contribution in [2.24, 2.45) is 5.92 Å². The van der Waals surface area contributed by atoms with Crippen LogP contribution < -0.4 is 15.6 Å². The van der Waals surface area contributed by atoms with Crippen LogP contribution in [0.4, 0.5) is 5.69 Å². The standard InChI is InChI=1S/C23H21ClN4O3S/c1-14(2)11-20-27-28-21(29)12-16(26-23(28)32-20)13-31-17-9-7-15(8-10-17)25-22(30)18-5-3-4-6-19(18)24/h3-10,12,14H,11,13H2,1-2H3,(H,25,30). The molecule has 9 heteroatoms. The average molecular weight is 469 g/mol. The molecule has 4 rings (SSSR count). The van der Waals surface area contributed by atoms with E-state index in [-0.39, 0.29) is 18.1 Å². The van der Waals surface area contributed by atoms with Crippen molar-refractivity contribution in [3.63, 3.8) is 0 Å². The molecule has 2 aromatic carbocycles. The molecule has 164 valence electrons. The topological polar surface area (TPSA) is 85.6 Å². The molecule has 2 aromatic heterocycles. The number of aromatic nitrogens is 3. The van der Waals surface area contributed by atoms with Gasteiger partial charge in [-0.3, -0.25) is 9.59 Å². The predicted octanol–water partition coefficient (Wildman–Crippen LogP) is 4.83. The molecule has 0 saturated heterocycles. The van der Waals surface area contributed by atoms with Gasteiger partial charge in [0.05, 0.1) is 16.3 Å². The summed E-state index contributed by atoms with van der Waals surface area (Å²) in [6.45, 7) is 4.36. The van der Waals surface area contributed by atoms with Crippen molar-refractivity contribution in [3.8, 4) is 5.75 Å². The lowest BCUT2D eigenvalue weighted by atomic mass is 10.1. The second-order valence-electron chi connectivity index (χ2n) is 7.62. The van der Waals surface area contributed by atoms with Crippen molar-refractivity contribution in [1.82, 2.24) is 14.6 Å². The van der Waals surface area contributed by atoms with Gasteiger partial charge in [0.25, 0.3) is 11.5 Å². The monoisotopic (exact) mass is 468 g/mol. The first kappa shape index (κ1) is 22.0. The first-order valence-electron chi connectivity index (χ1n) is 10.1. The zero-order valence-corrected chi connectivity index (χ0v) is 19.1. The molecule has 0 unspecified atom stereocenters. The number of fused-ring (bicyclic) bond motifs is 1. The third-order valence-electron chi connectivity index (χ3n) is 4.54. The summed E-state index contributed by atoms with van der Waals surface area (Å²) in [6.07, 6.45) is 0.804. The van der Waals surface area contributed by atoms with Crippen LogP contribution in [0.5, 0.6) is 5.75 Å². The fourth-order valence-electron chi connectivity index (χ4n) is 3.04. The molecule has 0 aliphatic heterocycles. The van der Waals surface area contributed by atoms with Crippen molar-refractivity contribution in [3.05, 3.63) is 86.2 Å². The van der Waals surface area contributed by atoms with Gasteiger partial charge in [0.1, 0.15) is 17.4 Å². The molecule has 0 spiro atoms. The Morgan fingerprint density at radius 1 is 1.19 bits per heavy atom. The highest BCUT2D eigenvalue weighted by atomic mass is 35.5. The number of amides is 1. The lowest BCUT2D eigenvalue weighted by molar-refractivity contribution is 0.102. The van der Waals surface area contributed by atoms with E-state index in [0.29, 0.717) is 38.6 Å². The summed E-state index contributed by atoms with van der Waals surface area (Å²) in [4.78, 5) is 29.8. The second-order valence-corrected chi connectivity index (χ2v) is 9.07. The molecule has 2 heterocycles. The summed E-state index contributed by atoms with van der Waals surface area (Å²) in [5, 5.41) is 8.43. The number of ether oxygens (including phenoxy) is 1. The quantitative estimate of drug-likeness (QED) is 0.419. The number of carbonyl (C=O) groups excluding carboxylic acids is 1. The summed E-state index contributed by atoms with van der Waals surface area (Å²) in [5.41, 5.74) is 1.33. The SMILES string of the molecule is CC(C)Cc1nn2c(=O)cc(COc3ccc(NC(=O)c4ccccc4Cl)cc3)nc2s1. The van der Waals surface area contributed by atoms with Gasteiger partial charge in [-0.2, -0.15) is 9.61 Å². The van der Waals surface area contributed by atoms with E-state index in [4.69, 9.17) is 16.3 Å². The maximum Gasteiger partial charge on any atom is 0.275 e. The average Bonchev–Trinajstić information content (AvgIpc) is 3.16. The summed E-state index contributed by atoms with van der Waals surface area (Å²) in [7, 11) is 0. The van der Waals surface area contributed by atoms with Gasteiger partial charge >= 0.3 is 0 Å². The second kappa shape index (κ2) is 9.50. The normalized spacial score (nSPS) is 11.1. The van der Waals surface area contributed by atoms with E-state index in [1.165, 1.54) is 21.9 Å². The van der Waals surface area contributed by atoms with Crippen molar-refractivity contribution in [2.75, 3.05) is 5.32 Å². The Balaban J connectivity index is 1.41. The van der Waals surface area contributed by atoms with E-state index in [1.807, 2.05) is 0 Å². The smallest absolute Gasteiger partial charge is 0.275 e. The van der Waals surface area contributed by atoms with Crippen LogP contribution in [0.25, 0.3) is 4.96 Å². The van der Waals surface area contributed by atoms with Crippen molar-refractivity contribution < 1.29 is 9.53 Å². The summed E-state index contributed by atoms with van der Waals surface area (Å²) in [5.74, 6) is 0.752. The van der Waals surface area contributed by atoms with Crippen LogP contribution in [0.1, 0.15) is 34.9 Å². The first-order chi connectivity index (χ1) is 15.4. The summed E-state index contributed by atoms with van der Waals surface area (Å²) < 4.78 is 7.11. The number of hydrogen-bond acceptors (Lipinski definition) is 6. The summed E-state index contributed by atoms with van der Waals surface area (Å²) in [6, 6.07) is 15.2. The summed E-state index contributed by atoms with van der Waals surface area (Å²) >= 11 is 7.49. The van der Waals surface area contributed by atoms with Crippen LogP contribution in [0, 0.1) is 5.92 Å². The molecule has 1 amide bonds. The minimum absolute atomic E-state index is 0.147. The minimum atomic E-state index is -0.288. The number of benzene rings is 2. The van der Waals surface area contributed by atoms with Gasteiger partial charge in [-0.15, -0.1) is 0 Å². The zero-order valence-electron chi connectivity index (χ0n) is 17.5. The van der Waals surface area contributed by atoms with Crippen LogP contribution in [-0.4, -0.2) is 20.5 Å². The van der Waals surface area contributed by atoms with Gasteiger partial charge in [0, 0.05) is 18.2 Å². The number of nitrogens with one attached hydrogen (secondary N) is 1. The van der Waals surface area contributed by atoms with E-state index in [2.05, 4.69) is 29.2 Å². The molecular formula is C23H21ClN4O3S. The van der Waals surface area contributed by atoms with E-state index < -0.39 is 0 Å². The molecule has 0 aliphatic carbocycles. The van der Waals surface area contributed by atoms with Gasteiger partial charge in [0.2, 0.25) is 4.96 Å². The number of halogens is 1. The molecule has 1 N–H and O–H groups in total. The zero-order chi connectivity index (χ0) is 22.7. The van der Waals surface area contributed by atoms with Crippen molar-refractivity contribution in [2.45, 2.75) is 26.9 Å². The largest absolute Gasteiger partial charge is 0.487 e. The van der Waals surface area contributed by atoms with Gasteiger partial charge in [-0.25, -0.2) is 4.98 Å². The third kappa shape index (κ3) is 5.15. The number of carbonyl (C=O) groups is 1. The molecule has 7 nitrogen and oxygen atoms in total. The van der Waals surface area contributed by atoms with Gasteiger partial charge in [-0.05, 0) is 42.3 Å². The third-order valence-corrected chi connectivity index (χ3v) is 5.80. The number of nitrogens with zero attached hydrogens (tertiary/aromatic N) is 3. The molecule has 0 radical (unpaired) electrons. The highest BCUT2D eigenvalue weighted by Crippen LogP contribution is 2.20. The van der Waals surface area contributed by atoms with E-state index in [1.54, 1.807) is 48.5 Å². The molecule has 0 fully saturated rings.